The third kappa shape index (κ3) is 15.7. The molecule has 0 aliphatic carbocycles. The van der Waals surface area contributed by atoms with Gasteiger partial charge < -0.3 is 28.4 Å². The summed E-state index contributed by atoms with van der Waals surface area (Å²) in [5.74, 6) is 3.33. The molecule has 7 aromatic rings. The van der Waals surface area contributed by atoms with E-state index in [-0.39, 0.29) is 67.7 Å². The second-order valence-corrected chi connectivity index (χ2v) is 19.5. The highest BCUT2D eigenvalue weighted by molar-refractivity contribution is 6.25. The van der Waals surface area contributed by atoms with Gasteiger partial charge in [0.2, 0.25) is 17.7 Å². The molecule has 6 heterocycles. The minimum Gasteiger partial charge on any atom is -0.497 e. The van der Waals surface area contributed by atoms with Crippen LogP contribution in [0.25, 0.3) is 10.9 Å². The van der Waals surface area contributed by atoms with Crippen LogP contribution in [0, 0.1) is 0 Å². The highest BCUT2D eigenvalue weighted by Crippen LogP contribution is 2.36. The Labute approximate surface area is 509 Å². The molecular formula is C64H68N12O12. The molecule has 6 amide bonds. The van der Waals surface area contributed by atoms with Crippen molar-refractivity contribution in [2.75, 3.05) is 74.7 Å². The lowest BCUT2D eigenvalue weighted by Crippen LogP contribution is -2.36. The van der Waals surface area contributed by atoms with E-state index in [0.29, 0.717) is 101 Å². The Morgan fingerprint density at radius 2 is 1.09 bits per heavy atom. The van der Waals surface area contributed by atoms with Crippen LogP contribution in [0.1, 0.15) is 65.4 Å². The maximum absolute atomic E-state index is 12.7. The van der Waals surface area contributed by atoms with E-state index in [4.69, 9.17) is 28.4 Å². The molecular weight excluding hydrogens is 1130 g/mol. The molecule has 24 nitrogen and oxygen atoms in total. The summed E-state index contributed by atoms with van der Waals surface area (Å²) in [6.45, 7) is 8.22. The van der Waals surface area contributed by atoms with Crippen molar-refractivity contribution in [3.63, 3.8) is 0 Å². The summed E-state index contributed by atoms with van der Waals surface area (Å²) >= 11 is 0. The summed E-state index contributed by atoms with van der Waals surface area (Å²) in [6.07, 6.45) is 9.93. The van der Waals surface area contributed by atoms with Crippen LogP contribution in [0.4, 0.5) is 22.7 Å². The van der Waals surface area contributed by atoms with Gasteiger partial charge in [0.05, 0.1) is 103 Å². The maximum Gasteiger partial charge on any atom is 0.255 e. The van der Waals surface area contributed by atoms with Gasteiger partial charge in [-0.3, -0.25) is 58.4 Å². The summed E-state index contributed by atoms with van der Waals surface area (Å²) < 4.78 is 32.3. The van der Waals surface area contributed by atoms with Gasteiger partial charge in [-0.15, -0.1) is 0 Å². The number of para-hydroxylation sites is 1. The number of hydrogen-bond donors (Lipinski definition) is 0. The Hall–Kier alpha value is -10.8. The van der Waals surface area contributed by atoms with Crippen LogP contribution >= 0.6 is 0 Å². The average molecular weight is 1200 g/mol. The molecule has 0 radical (unpaired) electrons. The predicted molar refractivity (Wildman–Crippen MR) is 332 cm³/mol. The van der Waals surface area contributed by atoms with Crippen molar-refractivity contribution < 1.29 is 57.2 Å². The SMILES string of the molecule is CCN(C(=O)CCOc1cccnc1)C1=NN(c2ccc(OC)cc2OC)C(=O)C1.CCc1ccc(N2N=C(N(C(C)=O)c3cnc4ccccc4c3)CC2=O)cc1.COc1ccc(N2N=C(N(CCCOc3cccnc3)C(C)=O)CC2=O)c(OC)c1. The number of amides is 6. The Kier molecular flexibility index (Phi) is 21.8. The number of methoxy groups -OCH3 is 4. The predicted octanol–water partition coefficient (Wildman–Crippen LogP) is 8.83. The number of benzene rings is 4. The van der Waals surface area contributed by atoms with E-state index in [9.17, 15) is 28.8 Å². The number of carbonyl (C=O) groups excluding carboxylic acids is 6. The third-order valence-corrected chi connectivity index (χ3v) is 13.8. The molecule has 0 saturated heterocycles. The number of amidine groups is 3. The zero-order valence-electron chi connectivity index (χ0n) is 50.2. The number of carbonyl (C=O) groups is 6. The number of ether oxygens (including phenoxy) is 6. The van der Waals surface area contributed by atoms with Crippen LogP contribution < -0.4 is 48.3 Å². The van der Waals surface area contributed by atoms with Gasteiger partial charge in [0.1, 0.15) is 63.4 Å². The molecule has 0 unspecified atom stereocenters. The fourth-order valence-electron chi connectivity index (χ4n) is 9.38. The van der Waals surface area contributed by atoms with Crippen molar-refractivity contribution in [3.8, 4) is 34.5 Å². The Bertz CT molecular complexity index is 3630. The van der Waals surface area contributed by atoms with Crippen LogP contribution in [0.3, 0.4) is 0 Å². The van der Waals surface area contributed by atoms with E-state index in [1.54, 1.807) is 99.8 Å². The lowest BCUT2D eigenvalue weighted by molar-refractivity contribution is -0.128. The zero-order valence-corrected chi connectivity index (χ0v) is 50.2. The summed E-state index contributed by atoms with van der Waals surface area (Å²) in [5, 5.41) is 18.0. The monoisotopic (exact) mass is 1200 g/mol. The van der Waals surface area contributed by atoms with Gasteiger partial charge in [-0.1, -0.05) is 37.3 Å². The molecule has 0 atom stereocenters. The first-order valence-corrected chi connectivity index (χ1v) is 28.2. The lowest BCUT2D eigenvalue weighted by atomic mass is 10.1. The van der Waals surface area contributed by atoms with Crippen LogP contribution in [0.2, 0.25) is 0 Å². The second-order valence-electron chi connectivity index (χ2n) is 19.5. The zero-order chi connectivity index (χ0) is 62.7. The molecule has 88 heavy (non-hydrogen) atoms. The summed E-state index contributed by atoms with van der Waals surface area (Å²) in [6, 6.07) is 34.6. The molecule has 3 aliphatic rings. The minimum absolute atomic E-state index is 0.0260. The molecule has 456 valence electrons. The minimum atomic E-state index is -0.244. The highest BCUT2D eigenvalue weighted by atomic mass is 16.5. The first kappa shape index (κ1) is 63.2. The normalized spacial score (nSPS) is 13.3. The van der Waals surface area contributed by atoms with E-state index in [0.717, 1.165) is 17.3 Å². The average Bonchev–Trinajstić information content (AvgIpc) is 2.44. The number of aromatic nitrogens is 3. The van der Waals surface area contributed by atoms with Gasteiger partial charge in [0.15, 0.2) is 0 Å². The number of nitrogens with zero attached hydrogens (tertiary/aromatic N) is 12. The molecule has 4 aromatic carbocycles. The van der Waals surface area contributed by atoms with E-state index in [1.165, 1.54) is 63.4 Å². The number of rotatable bonds is 19. The van der Waals surface area contributed by atoms with Crippen molar-refractivity contribution >= 4 is 86.6 Å². The molecule has 0 saturated carbocycles. The van der Waals surface area contributed by atoms with Crippen LogP contribution in [0.5, 0.6) is 34.5 Å². The van der Waals surface area contributed by atoms with Crippen molar-refractivity contribution in [2.45, 2.75) is 66.2 Å². The number of aryl methyl sites for hydroxylation is 1. The molecule has 0 spiro atoms. The van der Waals surface area contributed by atoms with Crippen LogP contribution in [0.15, 0.2) is 162 Å². The van der Waals surface area contributed by atoms with E-state index >= 15 is 0 Å². The molecule has 0 N–H and O–H groups in total. The number of pyridine rings is 3. The van der Waals surface area contributed by atoms with E-state index in [1.807, 2.05) is 67.6 Å². The topological polar surface area (TPSA) is 253 Å². The standard InChI is InChI=1S/C22H20N4O2.2C21H24N4O5/c1-3-16-8-10-18(11-9-16)26-22(28)13-21(24-26)25(15(2)27)19-12-17-6-4-5-7-20(17)23-14-19;1-15(26)24(10-5-11-30-17-6-4-9-22-14-17)20-13-21(27)25(23-20)18-8-7-16(28-2)12-19(18)29-3;1-4-24(20(26)9-11-30-16-6-5-10-22-14-16)19-13-21(27)25(23-19)17-8-7-15(28-2)12-18(17)29-3/h4-12,14H,3,13H2,1-2H3;4,6-9,12,14H,5,10-11,13H2,1-3H3;5-8,10,12,14H,4,9,11,13H2,1-3H3. The first-order valence-electron chi connectivity index (χ1n) is 28.2. The number of hydrazone groups is 3. The van der Waals surface area contributed by atoms with Gasteiger partial charge in [-0.05, 0) is 98.1 Å². The van der Waals surface area contributed by atoms with Crippen LogP contribution in [-0.2, 0) is 35.2 Å². The number of hydrogen-bond acceptors (Lipinski definition) is 18. The van der Waals surface area contributed by atoms with Gasteiger partial charge in [-0.2, -0.15) is 30.3 Å². The molecule has 10 rings (SSSR count). The van der Waals surface area contributed by atoms with E-state index < -0.39 is 0 Å². The Balaban J connectivity index is 0.000000171. The number of fused-ring (bicyclic) bond motifs is 1. The summed E-state index contributed by atoms with van der Waals surface area (Å²) in [5.41, 5.74) is 4.30. The fraction of sp³-hybridized carbons (Fsp3) is 0.281. The van der Waals surface area contributed by atoms with Gasteiger partial charge in [0, 0.05) is 56.8 Å². The van der Waals surface area contributed by atoms with Gasteiger partial charge in [-0.25, -0.2) is 0 Å². The smallest absolute Gasteiger partial charge is 0.255 e. The number of anilines is 4. The van der Waals surface area contributed by atoms with Crippen molar-refractivity contribution in [1.29, 1.82) is 0 Å². The van der Waals surface area contributed by atoms with Crippen molar-refractivity contribution in [3.05, 3.63) is 152 Å². The van der Waals surface area contributed by atoms with Crippen molar-refractivity contribution in [1.82, 2.24) is 24.8 Å². The van der Waals surface area contributed by atoms with Gasteiger partial charge >= 0.3 is 0 Å². The molecule has 0 bridgehead atoms. The Morgan fingerprint density at radius 1 is 0.545 bits per heavy atom. The first-order chi connectivity index (χ1) is 42.7. The van der Waals surface area contributed by atoms with E-state index in [2.05, 4.69) is 37.2 Å². The molecule has 3 aromatic heterocycles. The van der Waals surface area contributed by atoms with Crippen molar-refractivity contribution in [2.24, 2.45) is 15.3 Å². The molecule has 3 aliphatic heterocycles. The Morgan fingerprint density at radius 3 is 1.61 bits per heavy atom. The molecule has 24 heteroatoms. The van der Waals surface area contributed by atoms with Gasteiger partial charge in [0.25, 0.3) is 17.7 Å². The lowest BCUT2D eigenvalue weighted by Gasteiger charge is -2.20. The summed E-state index contributed by atoms with van der Waals surface area (Å²) in [7, 11) is 6.12. The quantitative estimate of drug-likeness (QED) is 0.0686. The third-order valence-electron chi connectivity index (χ3n) is 13.8. The summed E-state index contributed by atoms with van der Waals surface area (Å²) in [4.78, 5) is 91.9. The fourth-order valence-corrected chi connectivity index (χ4v) is 9.38. The largest absolute Gasteiger partial charge is 0.497 e. The molecule has 0 fully saturated rings. The highest BCUT2D eigenvalue weighted by Gasteiger charge is 2.35. The van der Waals surface area contributed by atoms with Crippen LogP contribution in [-0.4, -0.2) is 132 Å². The maximum atomic E-state index is 12.7. The second kappa shape index (κ2) is 30.3.